The Morgan fingerprint density at radius 3 is 1.94 bits per heavy atom. The van der Waals surface area contributed by atoms with Gasteiger partial charge in [0, 0.05) is 20.1 Å². The summed E-state index contributed by atoms with van der Waals surface area (Å²) in [4.78, 5) is 0. The van der Waals surface area contributed by atoms with Gasteiger partial charge in [-0.1, -0.05) is 60.7 Å². The van der Waals surface area contributed by atoms with Crippen LogP contribution in [-0.4, -0.2) is 12.1 Å². The van der Waals surface area contributed by atoms with Crippen LogP contribution in [0.25, 0.3) is 0 Å². The fourth-order valence-electron chi connectivity index (χ4n) is 1.74. The smallest absolute Gasteiger partial charge is 0.0378 e. The monoisotopic (exact) mass is 226 g/mol. The molecular formula is C15H18N2. The first-order valence-electron chi connectivity index (χ1n) is 5.87. The summed E-state index contributed by atoms with van der Waals surface area (Å²) in [6.07, 6.45) is 0. The van der Waals surface area contributed by atoms with Gasteiger partial charge in [-0.25, -0.2) is 5.01 Å². The SMILES string of the molecule is CN(Cc1ccccc1)NCc1ccccc1. The lowest BCUT2D eigenvalue weighted by atomic mass is 10.2. The first kappa shape index (κ1) is 11.8. The van der Waals surface area contributed by atoms with Gasteiger partial charge in [-0.05, 0) is 11.1 Å². The van der Waals surface area contributed by atoms with Crippen molar-refractivity contribution in [3.63, 3.8) is 0 Å². The number of hydrogen-bond acceptors (Lipinski definition) is 2. The minimum Gasteiger partial charge on any atom is -0.251 e. The Labute approximate surface area is 103 Å². The maximum Gasteiger partial charge on any atom is 0.0378 e. The van der Waals surface area contributed by atoms with E-state index >= 15 is 0 Å². The fraction of sp³-hybridized carbons (Fsp3) is 0.200. The zero-order chi connectivity index (χ0) is 11.9. The molecule has 0 amide bonds. The van der Waals surface area contributed by atoms with Crippen LogP contribution in [0.4, 0.5) is 0 Å². The highest BCUT2D eigenvalue weighted by atomic mass is 15.5. The lowest BCUT2D eigenvalue weighted by Gasteiger charge is -2.18. The van der Waals surface area contributed by atoms with Gasteiger partial charge in [-0.2, -0.15) is 0 Å². The minimum atomic E-state index is 0.865. The van der Waals surface area contributed by atoms with Crippen molar-refractivity contribution in [2.75, 3.05) is 7.05 Å². The van der Waals surface area contributed by atoms with Gasteiger partial charge >= 0.3 is 0 Å². The number of nitrogens with zero attached hydrogens (tertiary/aromatic N) is 1. The summed E-state index contributed by atoms with van der Waals surface area (Å²) in [6, 6.07) is 20.9. The molecule has 0 fully saturated rings. The van der Waals surface area contributed by atoms with Crippen molar-refractivity contribution < 1.29 is 0 Å². The van der Waals surface area contributed by atoms with E-state index in [9.17, 15) is 0 Å². The third-order valence-electron chi connectivity index (χ3n) is 2.66. The van der Waals surface area contributed by atoms with Gasteiger partial charge in [-0.15, -0.1) is 0 Å². The molecule has 0 saturated carbocycles. The molecule has 0 aromatic heterocycles. The van der Waals surface area contributed by atoms with Crippen LogP contribution in [0.5, 0.6) is 0 Å². The molecule has 17 heavy (non-hydrogen) atoms. The van der Waals surface area contributed by atoms with Crippen molar-refractivity contribution >= 4 is 0 Å². The molecule has 0 radical (unpaired) electrons. The third-order valence-corrected chi connectivity index (χ3v) is 2.66. The van der Waals surface area contributed by atoms with Gasteiger partial charge in [0.25, 0.3) is 0 Å². The van der Waals surface area contributed by atoms with Gasteiger partial charge in [-0.3, -0.25) is 5.43 Å². The van der Waals surface area contributed by atoms with E-state index in [1.54, 1.807) is 0 Å². The highest BCUT2D eigenvalue weighted by Crippen LogP contribution is 2.02. The van der Waals surface area contributed by atoms with Crippen LogP contribution in [-0.2, 0) is 13.1 Å². The van der Waals surface area contributed by atoms with E-state index in [1.165, 1.54) is 11.1 Å². The molecule has 0 atom stereocenters. The van der Waals surface area contributed by atoms with E-state index in [0.29, 0.717) is 0 Å². The molecule has 0 aliphatic rings. The summed E-state index contributed by atoms with van der Waals surface area (Å²) in [5, 5.41) is 2.11. The van der Waals surface area contributed by atoms with Crippen LogP contribution >= 0.6 is 0 Å². The molecule has 0 aliphatic carbocycles. The van der Waals surface area contributed by atoms with E-state index in [2.05, 4.69) is 66.0 Å². The minimum absolute atomic E-state index is 0.865. The molecule has 0 heterocycles. The lowest BCUT2D eigenvalue weighted by molar-refractivity contribution is 0.222. The summed E-state index contributed by atoms with van der Waals surface area (Å²) in [6.45, 7) is 1.78. The summed E-state index contributed by atoms with van der Waals surface area (Å²) in [7, 11) is 2.07. The Hall–Kier alpha value is -1.64. The highest BCUT2D eigenvalue weighted by molar-refractivity contribution is 5.15. The maximum absolute atomic E-state index is 3.38. The Bertz CT molecular complexity index is 425. The molecule has 2 nitrogen and oxygen atoms in total. The van der Waals surface area contributed by atoms with Crippen LogP contribution < -0.4 is 5.43 Å². The highest BCUT2D eigenvalue weighted by Gasteiger charge is 1.99. The van der Waals surface area contributed by atoms with Gasteiger partial charge in [0.2, 0.25) is 0 Å². The van der Waals surface area contributed by atoms with Crippen molar-refractivity contribution in [3.8, 4) is 0 Å². The second-order valence-electron chi connectivity index (χ2n) is 4.16. The van der Waals surface area contributed by atoms with E-state index in [4.69, 9.17) is 0 Å². The van der Waals surface area contributed by atoms with Gasteiger partial charge in [0.05, 0.1) is 0 Å². The Morgan fingerprint density at radius 1 is 0.824 bits per heavy atom. The number of rotatable bonds is 5. The second-order valence-corrected chi connectivity index (χ2v) is 4.16. The molecule has 2 aromatic carbocycles. The average Bonchev–Trinajstić information content (AvgIpc) is 2.39. The first-order chi connectivity index (χ1) is 8.34. The molecule has 2 rings (SSSR count). The molecule has 0 spiro atoms. The van der Waals surface area contributed by atoms with E-state index in [0.717, 1.165) is 13.1 Å². The average molecular weight is 226 g/mol. The van der Waals surface area contributed by atoms with Crippen LogP contribution in [0, 0.1) is 0 Å². The predicted molar refractivity (Wildman–Crippen MR) is 71.2 cm³/mol. The molecule has 0 unspecified atom stereocenters. The Morgan fingerprint density at radius 2 is 1.35 bits per heavy atom. The maximum atomic E-state index is 3.38. The molecule has 2 heteroatoms. The molecule has 1 N–H and O–H groups in total. The van der Waals surface area contributed by atoms with Crippen LogP contribution in [0.2, 0.25) is 0 Å². The topological polar surface area (TPSA) is 15.3 Å². The lowest BCUT2D eigenvalue weighted by Crippen LogP contribution is -2.33. The van der Waals surface area contributed by atoms with Crippen molar-refractivity contribution in [3.05, 3.63) is 71.8 Å². The molecule has 88 valence electrons. The molecule has 0 aliphatic heterocycles. The predicted octanol–water partition coefficient (Wildman–Crippen LogP) is 2.82. The Kier molecular flexibility index (Phi) is 4.30. The number of nitrogens with one attached hydrogen (secondary N) is 1. The largest absolute Gasteiger partial charge is 0.251 e. The zero-order valence-corrected chi connectivity index (χ0v) is 10.1. The molecule has 2 aromatic rings. The third kappa shape index (κ3) is 4.02. The zero-order valence-electron chi connectivity index (χ0n) is 10.1. The van der Waals surface area contributed by atoms with Crippen LogP contribution in [0.1, 0.15) is 11.1 Å². The quantitative estimate of drug-likeness (QED) is 0.789. The van der Waals surface area contributed by atoms with Gasteiger partial charge in [0.1, 0.15) is 0 Å². The number of hydrazine groups is 1. The molecule has 0 bridgehead atoms. The van der Waals surface area contributed by atoms with Crippen molar-refractivity contribution in [2.24, 2.45) is 0 Å². The Balaban J connectivity index is 1.80. The van der Waals surface area contributed by atoms with Crippen LogP contribution in [0.15, 0.2) is 60.7 Å². The van der Waals surface area contributed by atoms with Crippen molar-refractivity contribution in [1.29, 1.82) is 0 Å². The van der Waals surface area contributed by atoms with Gasteiger partial charge < -0.3 is 0 Å². The van der Waals surface area contributed by atoms with E-state index < -0.39 is 0 Å². The number of benzene rings is 2. The van der Waals surface area contributed by atoms with Gasteiger partial charge in [0.15, 0.2) is 0 Å². The van der Waals surface area contributed by atoms with Crippen molar-refractivity contribution in [1.82, 2.24) is 10.4 Å². The number of hydrogen-bond donors (Lipinski definition) is 1. The summed E-state index contributed by atoms with van der Waals surface area (Å²) < 4.78 is 0. The fourth-order valence-corrected chi connectivity index (χ4v) is 1.74. The second kappa shape index (κ2) is 6.18. The summed E-state index contributed by atoms with van der Waals surface area (Å²) in [5.41, 5.74) is 5.99. The standard InChI is InChI=1S/C15H18N2/c1-17(13-15-10-6-3-7-11-15)16-12-14-8-4-2-5-9-14/h2-11,16H,12-13H2,1H3. The first-order valence-corrected chi connectivity index (χ1v) is 5.87. The summed E-state index contributed by atoms with van der Waals surface area (Å²) in [5.74, 6) is 0. The van der Waals surface area contributed by atoms with Crippen molar-refractivity contribution in [2.45, 2.75) is 13.1 Å². The van der Waals surface area contributed by atoms with Crippen LogP contribution in [0.3, 0.4) is 0 Å². The molecular weight excluding hydrogens is 208 g/mol. The van der Waals surface area contributed by atoms with E-state index in [1.807, 2.05) is 12.1 Å². The molecule has 0 saturated heterocycles. The normalized spacial score (nSPS) is 10.7. The summed E-state index contributed by atoms with van der Waals surface area (Å²) >= 11 is 0. The van der Waals surface area contributed by atoms with E-state index in [-0.39, 0.29) is 0 Å².